The monoisotopic (exact) mass is 720 g/mol. The Morgan fingerprint density at radius 3 is 1.57 bits per heavy atom. The van der Waals surface area contributed by atoms with E-state index in [2.05, 4.69) is 120 Å². The smallest absolute Gasteiger partial charge is 0.261 e. The quantitative estimate of drug-likeness (QED) is 0.0924. The fraction of sp³-hybridized carbons (Fsp3) is 0.471. The lowest BCUT2D eigenvalue weighted by atomic mass is 10.2. The maximum atomic E-state index is 6.86. The molecule has 0 bridgehead atoms. The van der Waals surface area contributed by atoms with Crippen LogP contribution >= 0.6 is 31.9 Å². The summed E-state index contributed by atoms with van der Waals surface area (Å²) in [6.45, 7) is 12.7. The molecule has 0 saturated carbocycles. The van der Waals surface area contributed by atoms with Crippen LogP contribution in [0.25, 0.3) is 0 Å². The summed E-state index contributed by atoms with van der Waals surface area (Å²) in [5, 5.41) is 2.50. The van der Waals surface area contributed by atoms with Crippen molar-refractivity contribution in [2.45, 2.75) is 58.4 Å². The first-order valence-corrected chi connectivity index (χ1v) is 18.4. The summed E-state index contributed by atoms with van der Waals surface area (Å²) in [5.74, 6) is 1.57. The van der Waals surface area contributed by atoms with E-state index >= 15 is 0 Å². The first-order valence-electron chi connectivity index (χ1n) is 14.9. The highest BCUT2D eigenvalue weighted by Crippen LogP contribution is 2.37. The van der Waals surface area contributed by atoms with Crippen molar-refractivity contribution in [3.8, 4) is 11.5 Å². The first-order chi connectivity index (χ1) is 20.3. The second-order valence-electron chi connectivity index (χ2n) is 11.2. The second-order valence-corrected chi connectivity index (χ2v) is 17.2. The fourth-order valence-corrected chi connectivity index (χ4v) is 10.4. The molecular formula is C34H46Br2O5Si. The highest BCUT2D eigenvalue weighted by Gasteiger charge is 2.49. The minimum atomic E-state index is -2.53. The van der Waals surface area contributed by atoms with Crippen molar-refractivity contribution in [3.63, 3.8) is 0 Å². The van der Waals surface area contributed by atoms with E-state index in [-0.39, 0.29) is 5.04 Å². The molecule has 0 aromatic heterocycles. The van der Waals surface area contributed by atoms with Crippen LogP contribution in [-0.2, 0) is 13.9 Å². The van der Waals surface area contributed by atoms with Crippen LogP contribution in [0, 0.1) is 0 Å². The molecule has 3 rings (SSSR count). The molecule has 0 aliphatic rings. The molecule has 0 atom stereocenters. The summed E-state index contributed by atoms with van der Waals surface area (Å²) in [6.07, 6.45) is 4.71. The van der Waals surface area contributed by atoms with Gasteiger partial charge >= 0.3 is 0 Å². The zero-order valence-electron chi connectivity index (χ0n) is 25.5. The van der Waals surface area contributed by atoms with Gasteiger partial charge in [0, 0.05) is 0 Å². The predicted molar refractivity (Wildman–Crippen MR) is 182 cm³/mol. The zero-order valence-corrected chi connectivity index (χ0v) is 29.7. The molecule has 0 radical (unpaired) electrons. The van der Waals surface area contributed by atoms with E-state index < -0.39 is 8.32 Å². The van der Waals surface area contributed by atoms with Gasteiger partial charge in [-0.25, -0.2) is 0 Å². The second kappa shape index (κ2) is 18.2. The van der Waals surface area contributed by atoms with Crippen molar-refractivity contribution in [3.05, 3.63) is 81.7 Å². The molecule has 0 unspecified atom stereocenters. The molecule has 0 aliphatic heterocycles. The molecule has 42 heavy (non-hydrogen) atoms. The summed E-state index contributed by atoms with van der Waals surface area (Å²) < 4.78 is 32.1. The van der Waals surface area contributed by atoms with Crippen molar-refractivity contribution in [1.29, 1.82) is 0 Å². The lowest BCUT2D eigenvalue weighted by Crippen LogP contribution is -2.66. The van der Waals surface area contributed by atoms with Crippen LogP contribution in [0.3, 0.4) is 0 Å². The van der Waals surface area contributed by atoms with E-state index in [4.69, 9.17) is 23.4 Å². The molecule has 0 aliphatic carbocycles. The predicted octanol–water partition coefficient (Wildman–Crippen LogP) is 8.16. The third-order valence-corrected chi connectivity index (χ3v) is 13.3. The maximum absolute atomic E-state index is 6.86. The molecule has 0 spiro atoms. The van der Waals surface area contributed by atoms with E-state index in [1.54, 1.807) is 0 Å². The normalized spacial score (nSPS) is 12.0. The summed E-state index contributed by atoms with van der Waals surface area (Å²) in [6, 6.07) is 25.2. The Labute approximate surface area is 270 Å². The summed E-state index contributed by atoms with van der Waals surface area (Å²) in [7, 11) is -2.53. The van der Waals surface area contributed by atoms with Crippen LogP contribution in [0.5, 0.6) is 11.5 Å². The van der Waals surface area contributed by atoms with Crippen LogP contribution < -0.4 is 19.8 Å². The number of benzene rings is 3. The summed E-state index contributed by atoms with van der Waals surface area (Å²) in [5.41, 5.74) is 0. The number of ether oxygens (including phenoxy) is 4. The van der Waals surface area contributed by atoms with Crippen LogP contribution in [0.2, 0.25) is 5.04 Å². The van der Waals surface area contributed by atoms with Gasteiger partial charge in [0.15, 0.2) is 0 Å². The fourth-order valence-electron chi connectivity index (χ4n) is 4.99. The zero-order chi connectivity index (χ0) is 30.3. The van der Waals surface area contributed by atoms with E-state index in [1.807, 2.05) is 12.1 Å². The number of rotatable bonds is 19. The Balaban J connectivity index is 1.38. The van der Waals surface area contributed by atoms with Crippen LogP contribution in [0.15, 0.2) is 81.7 Å². The molecule has 3 aromatic rings. The van der Waals surface area contributed by atoms with Gasteiger partial charge in [-0.2, -0.15) is 0 Å². The van der Waals surface area contributed by atoms with Gasteiger partial charge in [-0.05, 0) is 65.8 Å². The van der Waals surface area contributed by atoms with Gasteiger partial charge < -0.3 is 23.4 Å². The Morgan fingerprint density at radius 1 is 0.595 bits per heavy atom. The minimum Gasteiger partial charge on any atom is -0.492 e. The molecule has 0 saturated heterocycles. The summed E-state index contributed by atoms with van der Waals surface area (Å²) >= 11 is 7.19. The average Bonchev–Trinajstić information content (AvgIpc) is 2.98. The van der Waals surface area contributed by atoms with E-state index in [0.717, 1.165) is 26.9 Å². The molecule has 230 valence electrons. The third-order valence-electron chi connectivity index (χ3n) is 7.06. The Morgan fingerprint density at radius 2 is 1.07 bits per heavy atom. The highest BCUT2D eigenvalue weighted by molar-refractivity contribution is 9.11. The van der Waals surface area contributed by atoms with Gasteiger partial charge in [0.2, 0.25) is 0 Å². The topological polar surface area (TPSA) is 46.2 Å². The molecular weight excluding hydrogens is 676 g/mol. The van der Waals surface area contributed by atoms with Crippen molar-refractivity contribution >= 4 is 50.6 Å². The van der Waals surface area contributed by atoms with Gasteiger partial charge in [0.05, 0.1) is 48.6 Å². The number of unbranched alkanes of at least 4 members (excludes halogenated alkanes) is 3. The molecule has 5 nitrogen and oxygen atoms in total. The van der Waals surface area contributed by atoms with Crippen LogP contribution in [0.1, 0.15) is 53.4 Å². The van der Waals surface area contributed by atoms with Gasteiger partial charge in [-0.1, -0.05) is 108 Å². The minimum absolute atomic E-state index is 0.0506. The standard InChI is InChI=1S/C34H46Br2O5Si/c1-5-6-7-14-19-39-32-26-31(36)33(27-30(32)35)40-24-22-37-20-21-38-23-25-41-42(34(2,3)4,28-15-10-8-11-16-28)29-17-12-9-13-18-29/h8-13,15-18,26-27H,5-7,14,19-25H2,1-4H3. The first kappa shape index (κ1) is 34.8. The van der Waals surface area contributed by atoms with E-state index in [0.29, 0.717) is 46.2 Å². The molecule has 8 heteroatoms. The number of halogens is 2. The Bertz CT molecular complexity index is 1130. The van der Waals surface area contributed by atoms with Crippen molar-refractivity contribution < 1.29 is 23.4 Å². The molecule has 0 N–H and O–H groups in total. The van der Waals surface area contributed by atoms with Gasteiger partial charge in [-0.15, -0.1) is 0 Å². The van der Waals surface area contributed by atoms with Gasteiger partial charge in [-0.3, -0.25) is 0 Å². The largest absolute Gasteiger partial charge is 0.492 e. The number of hydrogen-bond acceptors (Lipinski definition) is 5. The summed E-state index contributed by atoms with van der Waals surface area (Å²) in [4.78, 5) is 0. The molecule has 0 heterocycles. The SMILES string of the molecule is CCCCCCOc1cc(Br)c(OCCOCCOCCO[Si](c2ccccc2)(c2ccccc2)C(C)(C)C)cc1Br. The number of hydrogen-bond donors (Lipinski definition) is 0. The van der Waals surface area contributed by atoms with Gasteiger partial charge in [0.25, 0.3) is 8.32 Å². The van der Waals surface area contributed by atoms with Crippen molar-refractivity contribution in [2.24, 2.45) is 0 Å². The lowest BCUT2D eigenvalue weighted by molar-refractivity contribution is 0.0263. The lowest BCUT2D eigenvalue weighted by Gasteiger charge is -2.43. The molecule has 3 aromatic carbocycles. The maximum Gasteiger partial charge on any atom is 0.261 e. The highest BCUT2D eigenvalue weighted by atomic mass is 79.9. The average molecular weight is 723 g/mol. The Kier molecular flexibility index (Phi) is 15.1. The van der Waals surface area contributed by atoms with Crippen LogP contribution in [-0.4, -0.2) is 54.6 Å². The van der Waals surface area contributed by atoms with E-state index in [1.165, 1.54) is 29.6 Å². The van der Waals surface area contributed by atoms with Crippen LogP contribution in [0.4, 0.5) is 0 Å². The van der Waals surface area contributed by atoms with Crippen molar-refractivity contribution in [2.75, 3.05) is 46.2 Å². The Hall–Kier alpha value is -1.68. The molecule has 0 amide bonds. The molecule has 0 fully saturated rings. The van der Waals surface area contributed by atoms with Gasteiger partial charge in [0.1, 0.15) is 18.1 Å². The van der Waals surface area contributed by atoms with Crippen molar-refractivity contribution in [1.82, 2.24) is 0 Å². The van der Waals surface area contributed by atoms with E-state index in [9.17, 15) is 0 Å². The third kappa shape index (κ3) is 10.2.